The average Bonchev–Trinajstić information content (AvgIpc) is 3.54. The third-order valence-electron chi connectivity index (χ3n) is 6.96. The Hall–Kier alpha value is -2.20. The third kappa shape index (κ3) is 2.98. The van der Waals surface area contributed by atoms with Gasteiger partial charge in [0.05, 0.1) is 6.61 Å². The van der Waals surface area contributed by atoms with E-state index in [-0.39, 0.29) is 12.5 Å². The minimum atomic E-state index is -1.43. The van der Waals surface area contributed by atoms with E-state index in [1.807, 2.05) is 19.9 Å². The monoisotopic (exact) mass is 434 g/mol. The van der Waals surface area contributed by atoms with Crippen molar-refractivity contribution in [3.05, 3.63) is 35.3 Å². The summed E-state index contributed by atoms with van der Waals surface area (Å²) < 4.78 is 28.9. The molecule has 0 aliphatic carbocycles. The Labute approximate surface area is 178 Å². The molecule has 5 rings (SSSR count). The zero-order chi connectivity index (χ0) is 22.3. The van der Waals surface area contributed by atoms with E-state index in [1.54, 1.807) is 0 Å². The van der Waals surface area contributed by atoms with Crippen LogP contribution in [-0.4, -0.2) is 58.3 Å². The maximum Gasteiger partial charge on any atom is 0.345 e. The predicted molar refractivity (Wildman–Crippen MR) is 103 cm³/mol. The molecule has 8 atom stereocenters. The molecule has 0 radical (unpaired) electrons. The lowest BCUT2D eigenvalue weighted by molar-refractivity contribution is -0.166. The molecule has 0 amide bonds. The molecule has 4 bridgehead atoms. The number of hydrogen-bond acceptors (Lipinski definition) is 9. The smallest absolute Gasteiger partial charge is 0.345 e. The minimum absolute atomic E-state index is 0.00509. The SMILES string of the molecule is C=C(CO)[C@H]1C[C@H](OC(C)=O)[C@@]23O[C@@H]2[C@@H](C[C@]2(C)O[C@H]2c2cc(C)c(o2)[C@@H]1O)OC3=O. The fourth-order valence-electron chi connectivity index (χ4n) is 5.18. The van der Waals surface area contributed by atoms with Crippen LogP contribution in [0.4, 0.5) is 0 Å². The first kappa shape index (κ1) is 20.7. The normalized spacial score (nSPS) is 42.8. The van der Waals surface area contributed by atoms with Gasteiger partial charge in [0, 0.05) is 19.3 Å². The number of aryl methyl sites for hydroxylation is 1. The fraction of sp³-hybridized carbons (Fsp3) is 0.636. The van der Waals surface area contributed by atoms with Crippen LogP contribution in [0.3, 0.4) is 0 Å². The number of rotatable bonds is 3. The molecule has 1 aromatic heterocycles. The molecule has 0 unspecified atom stereocenters. The number of aliphatic hydroxyl groups excluding tert-OH is 2. The number of furan rings is 1. The molecule has 1 aromatic rings. The Morgan fingerprint density at radius 2 is 2.13 bits per heavy atom. The van der Waals surface area contributed by atoms with Gasteiger partial charge >= 0.3 is 11.9 Å². The zero-order valence-electron chi connectivity index (χ0n) is 17.6. The van der Waals surface area contributed by atoms with Gasteiger partial charge < -0.3 is 33.6 Å². The van der Waals surface area contributed by atoms with Gasteiger partial charge in [-0.05, 0) is 37.5 Å². The number of hydrogen-bond donors (Lipinski definition) is 2. The predicted octanol–water partition coefficient (Wildman–Crippen LogP) is 1.40. The summed E-state index contributed by atoms with van der Waals surface area (Å²) in [6.45, 7) is 8.45. The molecule has 0 aromatic carbocycles. The molecule has 4 aliphatic rings. The number of carbonyl (C=O) groups is 2. The molecule has 9 heteroatoms. The van der Waals surface area contributed by atoms with Gasteiger partial charge in [-0.3, -0.25) is 4.79 Å². The largest absolute Gasteiger partial charge is 0.460 e. The lowest BCUT2D eigenvalue weighted by Crippen LogP contribution is -2.42. The van der Waals surface area contributed by atoms with Gasteiger partial charge in [0.15, 0.2) is 0 Å². The molecule has 2 N–H and O–H groups in total. The van der Waals surface area contributed by atoms with Crippen LogP contribution >= 0.6 is 0 Å². The van der Waals surface area contributed by atoms with Crippen LogP contribution in [0.5, 0.6) is 0 Å². The first-order valence-electron chi connectivity index (χ1n) is 10.4. The molecule has 4 aliphatic heterocycles. The highest BCUT2D eigenvalue weighted by Crippen LogP contribution is 2.59. The highest BCUT2D eigenvalue weighted by Gasteiger charge is 2.79. The standard InChI is InChI=1S/C22H26O9/c1-9-5-13-18-21(4,30-18)7-14-19-22(31-19,20(26)29-14)15(27-11(3)24)6-12(10(2)8-23)16(25)17(9)28-13/h5,12,14-16,18-19,23,25H,2,6-8H2,1,3-4H3/t12-,14-,15+,16-,18+,19-,21+,22-/m1/s1. The van der Waals surface area contributed by atoms with Crippen LogP contribution in [0.2, 0.25) is 0 Å². The maximum atomic E-state index is 12.9. The van der Waals surface area contributed by atoms with Crippen molar-refractivity contribution >= 4 is 11.9 Å². The highest BCUT2D eigenvalue weighted by molar-refractivity contribution is 5.88. The van der Waals surface area contributed by atoms with Crippen molar-refractivity contribution in [1.82, 2.24) is 0 Å². The molecule has 0 spiro atoms. The number of esters is 2. The lowest BCUT2D eigenvalue weighted by atomic mass is 9.82. The summed E-state index contributed by atoms with van der Waals surface area (Å²) in [7, 11) is 0. The van der Waals surface area contributed by atoms with Gasteiger partial charge in [-0.25, -0.2) is 4.79 Å². The van der Waals surface area contributed by atoms with E-state index in [0.29, 0.717) is 23.5 Å². The van der Waals surface area contributed by atoms with Crippen LogP contribution in [0.1, 0.15) is 56.0 Å². The number of fused-ring (bicyclic) bond motifs is 4. The number of carbonyl (C=O) groups excluding carboxylic acids is 2. The van der Waals surface area contributed by atoms with E-state index in [1.165, 1.54) is 6.92 Å². The Kier molecular flexibility index (Phi) is 4.44. The molecule has 3 saturated heterocycles. The topological polar surface area (TPSA) is 131 Å². The molecule has 31 heavy (non-hydrogen) atoms. The van der Waals surface area contributed by atoms with Crippen molar-refractivity contribution in [2.24, 2.45) is 5.92 Å². The Balaban J connectivity index is 1.60. The molecule has 3 fully saturated rings. The zero-order valence-corrected chi connectivity index (χ0v) is 17.6. The number of ether oxygens (including phenoxy) is 4. The summed E-state index contributed by atoms with van der Waals surface area (Å²) in [6.07, 6.45) is -3.28. The Bertz CT molecular complexity index is 966. The van der Waals surface area contributed by atoms with E-state index >= 15 is 0 Å². The van der Waals surface area contributed by atoms with Gasteiger partial charge in [0.2, 0.25) is 5.60 Å². The van der Waals surface area contributed by atoms with Crippen LogP contribution < -0.4 is 0 Å². The van der Waals surface area contributed by atoms with Crippen molar-refractivity contribution in [3.63, 3.8) is 0 Å². The van der Waals surface area contributed by atoms with Crippen molar-refractivity contribution < 1.29 is 43.2 Å². The average molecular weight is 434 g/mol. The highest BCUT2D eigenvalue weighted by atomic mass is 16.7. The Morgan fingerprint density at radius 1 is 1.39 bits per heavy atom. The third-order valence-corrected chi connectivity index (χ3v) is 6.96. The van der Waals surface area contributed by atoms with E-state index in [9.17, 15) is 19.8 Å². The molecular weight excluding hydrogens is 408 g/mol. The summed E-state index contributed by atoms with van der Waals surface area (Å²) in [5.41, 5.74) is -0.993. The minimum Gasteiger partial charge on any atom is -0.460 e. The van der Waals surface area contributed by atoms with Gasteiger partial charge in [-0.15, -0.1) is 0 Å². The number of epoxide rings is 2. The molecular formula is C22H26O9. The summed E-state index contributed by atoms with van der Waals surface area (Å²) in [6, 6.07) is 1.82. The van der Waals surface area contributed by atoms with Crippen molar-refractivity contribution in [2.45, 2.75) is 75.3 Å². The van der Waals surface area contributed by atoms with Crippen LogP contribution in [0.15, 0.2) is 22.6 Å². The van der Waals surface area contributed by atoms with Gasteiger partial charge in [-0.2, -0.15) is 0 Å². The van der Waals surface area contributed by atoms with Crippen LogP contribution in [-0.2, 0) is 28.5 Å². The van der Waals surface area contributed by atoms with Crippen molar-refractivity contribution in [3.8, 4) is 0 Å². The van der Waals surface area contributed by atoms with E-state index in [2.05, 4.69) is 6.58 Å². The van der Waals surface area contributed by atoms with Gasteiger partial charge in [-0.1, -0.05) is 6.58 Å². The molecule has 168 valence electrons. The molecule has 0 saturated carbocycles. The number of aliphatic hydroxyl groups is 2. The van der Waals surface area contributed by atoms with E-state index < -0.39 is 60.1 Å². The summed E-state index contributed by atoms with van der Waals surface area (Å²) >= 11 is 0. The second-order valence-electron chi connectivity index (χ2n) is 9.19. The van der Waals surface area contributed by atoms with Crippen LogP contribution in [0.25, 0.3) is 0 Å². The summed E-state index contributed by atoms with van der Waals surface area (Å²) in [4.78, 5) is 24.7. The second kappa shape index (κ2) is 6.65. The summed E-state index contributed by atoms with van der Waals surface area (Å²) in [5, 5.41) is 21.0. The van der Waals surface area contributed by atoms with Crippen LogP contribution in [0, 0.1) is 12.8 Å². The lowest BCUT2D eigenvalue weighted by Gasteiger charge is -2.29. The van der Waals surface area contributed by atoms with Crippen molar-refractivity contribution in [2.75, 3.05) is 6.61 Å². The maximum absolute atomic E-state index is 12.9. The molecule has 9 nitrogen and oxygen atoms in total. The second-order valence-corrected chi connectivity index (χ2v) is 9.19. The Morgan fingerprint density at radius 3 is 2.77 bits per heavy atom. The van der Waals surface area contributed by atoms with Gasteiger partial charge in [0.1, 0.15) is 47.6 Å². The molecule has 5 heterocycles. The summed E-state index contributed by atoms with van der Waals surface area (Å²) in [5.74, 6) is -1.04. The van der Waals surface area contributed by atoms with Crippen molar-refractivity contribution in [1.29, 1.82) is 0 Å². The first-order valence-corrected chi connectivity index (χ1v) is 10.4. The first-order chi connectivity index (χ1) is 14.6. The van der Waals surface area contributed by atoms with E-state index in [4.69, 9.17) is 23.4 Å². The quantitative estimate of drug-likeness (QED) is 0.412. The fourth-order valence-corrected chi connectivity index (χ4v) is 5.18. The van der Waals surface area contributed by atoms with E-state index in [0.717, 1.165) is 5.56 Å². The van der Waals surface area contributed by atoms with Gasteiger partial charge in [0.25, 0.3) is 0 Å².